The molecule has 0 saturated heterocycles. The Balaban J connectivity index is 2.43. The van der Waals surface area contributed by atoms with Gasteiger partial charge in [0.2, 0.25) is 0 Å². The predicted molar refractivity (Wildman–Crippen MR) is 91.1 cm³/mol. The molecule has 2 aromatic rings. The molecular formula is C18H18O8. The zero-order chi connectivity index (χ0) is 19.1. The van der Waals surface area contributed by atoms with Gasteiger partial charge in [0.1, 0.15) is 12.6 Å². The average Bonchev–Trinajstić information content (AvgIpc) is 2.70. The number of aldehydes is 2. The summed E-state index contributed by atoms with van der Waals surface area (Å²) in [6, 6.07) is 5.88. The Bertz CT molecular complexity index is 682. The summed E-state index contributed by atoms with van der Waals surface area (Å²) in [6.45, 7) is 0. The van der Waals surface area contributed by atoms with Gasteiger partial charge in [-0.15, -0.1) is 0 Å². The van der Waals surface area contributed by atoms with E-state index in [4.69, 9.17) is 28.7 Å². The van der Waals surface area contributed by atoms with Crippen LogP contribution in [0.5, 0.6) is 34.5 Å². The second-order valence-electron chi connectivity index (χ2n) is 4.91. The highest BCUT2D eigenvalue weighted by Crippen LogP contribution is 2.42. The molecule has 0 heterocycles. The Morgan fingerprint density at radius 2 is 0.846 bits per heavy atom. The van der Waals surface area contributed by atoms with Crippen LogP contribution in [0.15, 0.2) is 24.3 Å². The number of benzene rings is 2. The molecule has 138 valence electrons. The van der Waals surface area contributed by atoms with Gasteiger partial charge in [-0.3, -0.25) is 19.4 Å². The van der Waals surface area contributed by atoms with Crippen molar-refractivity contribution in [3.63, 3.8) is 0 Å². The van der Waals surface area contributed by atoms with Crippen molar-refractivity contribution in [3.8, 4) is 34.5 Å². The van der Waals surface area contributed by atoms with E-state index >= 15 is 0 Å². The topological polar surface area (TPSA) is 89.5 Å². The molecule has 2 aromatic carbocycles. The number of hydrogen-bond donors (Lipinski definition) is 0. The SMILES string of the molecule is COc1cc(C=O)cc(OC)c1OOc1c(OC)cc(C=O)cc1OC. The lowest BCUT2D eigenvalue weighted by molar-refractivity contribution is -0.106. The van der Waals surface area contributed by atoms with Gasteiger partial charge in [-0.2, -0.15) is 0 Å². The minimum atomic E-state index is 0.115. The van der Waals surface area contributed by atoms with E-state index in [2.05, 4.69) is 0 Å². The molecule has 0 aliphatic heterocycles. The second-order valence-corrected chi connectivity index (χ2v) is 4.91. The van der Waals surface area contributed by atoms with Crippen molar-refractivity contribution in [1.82, 2.24) is 0 Å². The quantitative estimate of drug-likeness (QED) is 0.382. The largest absolute Gasteiger partial charge is 0.492 e. The molecule has 0 atom stereocenters. The minimum absolute atomic E-state index is 0.115. The summed E-state index contributed by atoms with van der Waals surface area (Å²) >= 11 is 0. The summed E-state index contributed by atoms with van der Waals surface area (Å²) in [5.41, 5.74) is 0.688. The molecule has 0 saturated carbocycles. The summed E-state index contributed by atoms with van der Waals surface area (Å²) < 4.78 is 20.9. The summed E-state index contributed by atoms with van der Waals surface area (Å²) in [5, 5.41) is 0. The Morgan fingerprint density at radius 3 is 1.04 bits per heavy atom. The lowest BCUT2D eigenvalue weighted by Gasteiger charge is -2.16. The fourth-order valence-corrected chi connectivity index (χ4v) is 2.18. The van der Waals surface area contributed by atoms with E-state index in [0.29, 0.717) is 23.7 Å². The van der Waals surface area contributed by atoms with Gasteiger partial charge in [-0.1, -0.05) is 0 Å². The molecule has 0 N–H and O–H groups in total. The third-order valence-electron chi connectivity index (χ3n) is 3.45. The Labute approximate surface area is 150 Å². The second kappa shape index (κ2) is 8.61. The number of hydrogen-bond acceptors (Lipinski definition) is 8. The van der Waals surface area contributed by atoms with Crippen molar-refractivity contribution in [2.45, 2.75) is 0 Å². The van der Waals surface area contributed by atoms with Crippen molar-refractivity contribution >= 4 is 12.6 Å². The van der Waals surface area contributed by atoms with Gasteiger partial charge in [0.25, 0.3) is 11.5 Å². The maximum absolute atomic E-state index is 11.0. The van der Waals surface area contributed by atoms with Crippen LogP contribution in [0.25, 0.3) is 0 Å². The normalized spacial score (nSPS) is 9.85. The number of carbonyl (C=O) groups is 2. The fraction of sp³-hybridized carbons (Fsp3) is 0.222. The zero-order valence-electron chi connectivity index (χ0n) is 14.7. The lowest BCUT2D eigenvalue weighted by atomic mass is 10.2. The molecule has 8 nitrogen and oxygen atoms in total. The van der Waals surface area contributed by atoms with Gasteiger partial charge < -0.3 is 18.9 Å². The summed E-state index contributed by atoms with van der Waals surface area (Å²) in [6.07, 6.45) is 1.31. The van der Waals surface area contributed by atoms with Crippen molar-refractivity contribution < 1.29 is 38.3 Å². The van der Waals surface area contributed by atoms with Crippen LogP contribution < -0.4 is 28.7 Å². The maximum atomic E-state index is 11.0. The van der Waals surface area contributed by atoms with Crippen LogP contribution in [0.3, 0.4) is 0 Å². The van der Waals surface area contributed by atoms with Crippen LogP contribution >= 0.6 is 0 Å². The van der Waals surface area contributed by atoms with Gasteiger partial charge in [0.05, 0.1) is 28.4 Å². The molecule has 0 amide bonds. The summed E-state index contributed by atoms with van der Waals surface area (Å²) in [7, 11) is 5.65. The predicted octanol–water partition coefficient (Wildman–Crippen LogP) is 2.72. The third kappa shape index (κ3) is 3.80. The van der Waals surface area contributed by atoms with Crippen LogP contribution in [0.2, 0.25) is 0 Å². The molecule has 26 heavy (non-hydrogen) atoms. The van der Waals surface area contributed by atoms with Gasteiger partial charge >= 0.3 is 0 Å². The highest BCUT2D eigenvalue weighted by atomic mass is 17.2. The van der Waals surface area contributed by atoms with Gasteiger partial charge in [-0.05, 0) is 24.3 Å². The van der Waals surface area contributed by atoms with Crippen LogP contribution in [0.4, 0.5) is 0 Å². The van der Waals surface area contributed by atoms with E-state index in [1.807, 2.05) is 0 Å². The first-order valence-electron chi connectivity index (χ1n) is 7.38. The maximum Gasteiger partial charge on any atom is 0.261 e. The molecule has 0 unspecified atom stereocenters. The highest BCUT2D eigenvalue weighted by molar-refractivity contribution is 5.79. The number of rotatable bonds is 9. The molecule has 0 aliphatic rings. The van der Waals surface area contributed by atoms with Crippen molar-refractivity contribution in [2.75, 3.05) is 28.4 Å². The highest BCUT2D eigenvalue weighted by Gasteiger charge is 2.20. The van der Waals surface area contributed by atoms with E-state index in [1.165, 1.54) is 52.7 Å². The molecule has 0 radical (unpaired) electrons. The third-order valence-corrected chi connectivity index (χ3v) is 3.45. The molecule has 0 fully saturated rings. The summed E-state index contributed by atoms with van der Waals surface area (Å²) in [4.78, 5) is 32.8. The first-order chi connectivity index (χ1) is 12.6. The first kappa shape index (κ1) is 18.9. The van der Waals surface area contributed by atoms with E-state index in [-0.39, 0.29) is 34.5 Å². The molecule has 8 heteroatoms. The Hall–Kier alpha value is -3.42. The van der Waals surface area contributed by atoms with Gasteiger partial charge in [-0.25, -0.2) is 0 Å². The molecule has 0 spiro atoms. The van der Waals surface area contributed by atoms with E-state index in [1.54, 1.807) is 0 Å². The van der Waals surface area contributed by atoms with Crippen molar-refractivity contribution in [2.24, 2.45) is 0 Å². The number of carbonyl (C=O) groups excluding carboxylic acids is 2. The minimum Gasteiger partial charge on any atom is -0.492 e. The summed E-state index contributed by atoms with van der Waals surface area (Å²) in [5.74, 6) is 1.15. The van der Waals surface area contributed by atoms with E-state index in [9.17, 15) is 9.59 Å². The number of methoxy groups -OCH3 is 4. The van der Waals surface area contributed by atoms with Crippen LogP contribution in [0, 0.1) is 0 Å². The first-order valence-corrected chi connectivity index (χ1v) is 7.38. The Morgan fingerprint density at radius 1 is 0.577 bits per heavy atom. The fourth-order valence-electron chi connectivity index (χ4n) is 2.18. The van der Waals surface area contributed by atoms with Crippen LogP contribution in [-0.4, -0.2) is 41.0 Å². The Kier molecular flexibility index (Phi) is 6.26. The molecule has 0 aromatic heterocycles. The molecule has 2 rings (SSSR count). The van der Waals surface area contributed by atoms with Crippen molar-refractivity contribution in [1.29, 1.82) is 0 Å². The molecule has 0 aliphatic carbocycles. The smallest absolute Gasteiger partial charge is 0.261 e. The standard InChI is InChI=1S/C18H18O8/c1-21-13-5-11(9-19)6-14(22-2)17(13)25-26-18-15(23-3)7-12(10-20)8-16(18)24-4/h5-10H,1-4H3. The van der Waals surface area contributed by atoms with Crippen molar-refractivity contribution in [3.05, 3.63) is 35.4 Å². The zero-order valence-corrected chi connectivity index (χ0v) is 14.7. The van der Waals surface area contributed by atoms with Gasteiger partial charge in [0, 0.05) is 11.1 Å². The average molecular weight is 362 g/mol. The van der Waals surface area contributed by atoms with E-state index in [0.717, 1.165) is 0 Å². The van der Waals surface area contributed by atoms with Crippen LogP contribution in [-0.2, 0) is 0 Å². The molecule has 0 bridgehead atoms. The molecular weight excluding hydrogens is 344 g/mol. The van der Waals surface area contributed by atoms with E-state index < -0.39 is 0 Å². The monoisotopic (exact) mass is 362 g/mol. The van der Waals surface area contributed by atoms with Crippen LogP contribution in [0.1, 0.15) is 20.7 Å². The van der Waals surface area contributed by atoms with Gasteiger partial charge in [0.15, 0.2) is 23.0 Å². The number of ether oxygens (including phenoxy) is 4. The lowest BCUT2D eigenvalue weighted by Crippen LogP contribution is -2.07.